The van der Waals surface area contributed by atoms with Gasteiger partial charge < -0.3 is 9.26 Å². The van der Waals surface area contributed by atoms with Crippen LogP contribution in [0.3, 0.4) is 0 Å². The molecule has 88 valence electrons. The van der Waals surface area contributed by atoms with Crippen molar-refractivity contribution >= 4 is 21.9 Å². The highest BCUT2D eigenvalue weighted by Crippen LogP contribution is 2.27. The smallest absolute Gasteiger partial charge is 0.360 e. The predicted molar refractivity (Wildman–Crippen MR) is 65.7 cm³/mol. The number of nitrogens with zero attached hydrogens (tertiary/aromatic N) is 1. The molecule has 1 heterocycles. The van der Waals surface area contributed by atoms with Gasteiger partial charge in [-0.05, 0) is 19.1 Å². The van der Waals surface area contributed by atoms with Crippen molar-refractivity contribution in [2.45, 2.75) is 6.92 Å². The molecule has 0 aliphatic rings. The van der Waals surface area contributed by atoms with Crippen LogP contribution in [0.5, 0.6) is 0 Å². The highest BCUT2D eigenvalue weighted by atomic mass is 79.9. The third-order valence-electron chi connectivity index (χ3n) is 2.41. The third-order valence-corrected chi connectivity index (χ3v) is 2.94. The molecule has 0 fully saturated rings. The molecule has 0 atom stereocenters. The van der Waals surface area contributed by atoms with Gasteiger partial charge in [-0.1, -0.05) is 33.2 Å². The summed E-state index contributed by atoms with van der Waals surface area (Å²) in [6.45, 7) is 1.78. The molecule has 2 rings (SSSR count). The van der Waals surface area contributed by atoms with Crippen LogP contribution in [0.2, 0.25) is 0 Å². The molecule has 0 spiro atoms. The molecule has 0 unspecified atom stereocenters. The summed E-state index contributed by atoms with van der Waals surface area (Å²) in [5.41, 5.74) is 1.76. The van der Waals surface area contributed by atoms with Crippen LogP contribution in [0.1, 0.15) is 16.1 Å². The van der Waals surface area contributed by atoms with E-state index in [1.54, 1.807) is 6.92 Å². The van der Waals surface area contributed by atoms with Crippen molar-refractivity contribution in [1.29, 1.82) is 0 Å². The minimum atomic E-state index is -0.491. The van der Waals surface area contributed by atoms with Crippen molar-refractivity contribution < 1.29 is 14.1 Å². The van der Waals surface area contributed by atoms with Crippen molar-refractivity contribution in [3.8, 4) is 11.3 Å². The van der Waals surface area contributed by atoms with Crippen LogP contribution in [-0.4, -0.2) is 18.2 Å². The van der Waals surface area contributed by atoms with E-state index in [4.69, 9.17) is 4.52 Å². The van der Waals surface area contributed by atoms with E-state index >= 15 is 0 Å². The number of carbonyl (C=O) groups is 1. The van der Waals surface area contributed by atoms with E-state index in [0.29, 0.717) is 11.3 Å². The lowest BCUT2D eigenvalue weighted by Gasteiger charge is -1.98. The summed E-state index contributed by atoms with van der Waals surface area (Å²) in [6, 6.07) is 7.57. The van der Waals surface area contributed by atoms with Crippen LogP contribution in [0.15, 0.2) is 33.3 Å². The first-order chi connectivity index (χ1) is 8.13. The maximum Gasteiger partial charge on any atom is 0.360 e. The normalized spacial score (nSPS) is 10.3. The molecule has 1 aromatic heterocycles. The summed E-state index contributed by atoms with van der Waals surface area (Å²) >= 11 is 3.36. The molecule has 0 saturated carbocycles. The van der Waals surface area contributed by atoms with E-state index in [-0.39, 0.29) is 5.69 Å². The van der Waals surface area contributed by atoms with Crippen LogP contribution in [0.4, 0.5) is 0 Å². The van der Waals surface area contributed by atoms with Crippen LogP contribution in [0.25, 0.3) is 11.3 Å². The van der Waals surface area contributed by atoms with Crippen LogP contribution < -0.4 is 0 Å². The SMILES string of the molecule is COC(=O)c1noc(-c2ccc(Br)cc2)c1C. The van der Waals surface area contributed by atoms with E-state index in [1.165, 1.54) is 7.11 Å². The Hall–Kier alpha value is -1.62. The molecule has 0 aliphatic carbocycles. The lowest BCUT2D eigenvalue weighted by molar-refractivity contribution is 0.0588. The van der Waals surface area contributed by atoms with Gasteiger partial charge in [-0.3, -0.25) is 0 Å². The largest absolute Gasteiger partial charge is 0.464 e. The zero-order valence-electron chi connectivity index (χ0n) is 9.36. The maximum absolute atomic E-state index is 11.4. The highest BCUT2D eigenvalue weighted by Gasteiger charge is 2.19. The Balaban J connectivity index is 2.44. The summed E-state index contributed by atoms with van der Waals surface area (Å²) in [6.07, 6.45) is 0. The molecule has 0 radical (unpaired) electrons. The number of halogens is 1. The second kappa shape index (κ2) is 4.71. The molecule has 1 aromatic carbocycles. The fourth-order valence-corrected chi connectivity index (χ4v) is 1.76. The quantitative estimate of drug-likeness (QED) is 0.799. The second-order valence-corrected chi connectivity index (χ2v) is 4.40. The van der Waals surface area contributed by atoms with Crippen LogP contribution in [-0.2, 0) is 4.74 Å². The Morgan fingerprint density at radius 3 is 2.59 bits per heavy atom. The Morgan fingerprint density at radius 2 is 2.00 bits per heavy atom. The standard InChI is InChI=1S/C12H10BrNO3/c1-7-10(12(15)16-2)14-17-11(7)8-3-5-9(13)6-4-8/h3-6H,1-2H3. The molecule has 0 N–H and O–H groups in total. The Bertz CT molecular complexity index is 545. The number of benzene rings is 1. The van der Waals surface area contributed by atoms with Gasteiger partial charge in [0.05, 0.1) is 7.11 Å². The van der Waals surface area contributed by atoms with E-state index in [9.17, 15) is 4.79 Å². The van der Waals surface area contributed by atoms with Gasteiger partial charge in [0.1, 0.15) is 0 Å². The molecule has 0 amide bonds. The van der Waals surface area contributed by atoms with E-state index in [2.05, 4.69) is 25.8 Å². The highest BCUT2D eigenvalue weighted by molar-refractivity contribution is 9.10. The number of ether oxygens (including phenoxy) is 1. The molecule has 17 heavy (non-hydrogen) atoms. The summed E-state index contributed by atoms with van der Waals surface area (Å²) in [4.78, 5) is 11.4. The number of hydrogen-bond donors (Lipinski definition) is 0. The zero-order chi connectivity index (χ0) is 12.4. The summed E-state index contributed by atoms with van der Waals surface area (Å²) in [5.74, 6) is 0.0903. The Labute approximate surface area is 107 Å². The molecular weight excluding hydrogens is 286 g/mol. The number of rotatable bonds is 2. The number of aromatic nitrogens is 1. The average molecular weight is 296 g/mol. The number of esters is 1. The summed E-state index contributed by atoms with van der Waals surface area (Å²) in [7, 11) is 1.32. The van der Waals surface area contributed by atoms with E-state index < -0.39 is 5.97 Å². The van der Waals surface area contributed by atoms with Gasteiger partial charge in [-0.15, -0.1) is 0 Å². The third kappa shape index (κ3) is 2.24. The number of hydrogen-bond acceptors (Lipinski definition) is 4. The van der Waals surface area contributed by atoms with E-state index in [1.807, 2.05) is 24.3 Å². The first kappa shape index (κ1) is 11.9. The zero-order valence-corrected chi connectivity index (χ0v) is 10.9. The summed E-state index contributed by atoms with van der Waals surface area (Å²) in [5, 5.41) is 3.72. The van der Waals surface area contributed by atoms with Gasteiger partial charge in [0.2, 0.25) is 0 Å². The minimum Gasteiger partial charge on any atom is -0.464 e. The fraction of sp³-hybridized carbons (Fsp3) is 0.167. The van der Waals surface area contributed by atoms with Crippen molar-refractivity contribution in [3.63, 3.8) is 0 Å². The van der Waals surface area contributed by atoms with Gasteiger partial charge in [-0.25, -0.2) is 4.79 Å². The van der Waals surface area contributed by atoms with Gasteiger partial charge in [-0.2, -0.15) is 0 Å². The molecule has 5 heteroatoms. The topological polar surface area (TPSA) is 52.3 Å². The fourth-order valence-electron chi connectivity index (χ4n) is 1.49. The van der Waals surface area contributed by atoms with Crippen molar-refractivity contribution in [3.05, 3.63) is 40.0 Å². The number of methoxy groups -OCH3 is 1. The Kier molecular flexibility index (Phi) is 3.28. The van der Waals surface area contributed by atoms with Crippen molar-refractivity contribution in [1.82, 2.24) is 5.16 Å². The van der Waals surface area contributed by atoms with E-state index in [0.717, 1.165) is 10.0 Å². The summed E-state index contributed by atoms with van der Waals surface area (Å²) < 4.78 is 10.8. The van der Waals surface area contributed by atoms with Gasteiger partial charge in [0.15, 0.2) is 11.5 Å². The first-order valence-corrected chi connectivity index (χ1v) is 5.73. The lowest BCUT2D eigenvalue weighted by Crippen LogP contribution is -2.03. The first-order valence-electron chi connectivity index (χ1n) is 4.94. The Morgan fingerprint density at radius 1 is 1.35 bits per heavy atom. The van der Waals surface area contributed by atoms with Gasteiger partial charge >= 0.3 is 5.97 Å². The molecular formula is C12H10BrNO3. The second-order valence-electron chi connectivity index (χ2n) is 3.48. The molecule has 2 aromatic rings. The molecule has 0 bridgehead atoms. The average Bonchev–Trinajstić information content (AvgIpc) is 2.71. The lowest BCUT2D eigenvalue weighted by atomic mass is 10.1. The molecule has 0 saturated heterocycles. The van der Waals surface area contributed by atoms with Crippen LogP contribution in [0, 0.1) is 6.92 Å². The van der Waals surface area contributed by atoms with Crippen molar-refractivity contribution in [2.75, 3.05) is 7.11 Å². The number of carbonyl (C=O) groups excluding carboxylic acids is 1. The van der Waals surface area contributed by atoms with Gasteiger partial charge in [0.25, 0.3) is 0 Å². The molecule has 0 aliphatic heterocycles. The predicted octanol–water partition coefficient (Wildman–Crippen LogP) is 3.20. The van der Waals surface area contributed by atoms with Crippen molar-refractivity contribution in [2.24, 2.45) is 0 Å². The molecule has 4 nitrogen and oxygen atoms in total. The van der Waals surface area contributed by atoms with Gasteiger partial charge in [0, 0.05) is 15.6 Å². The van der Waals surface area contributed by atoms with Crippen LogP contribution >= 0.6 is 15.9 Å². The monoisotopic (exact) mass is 295 g/mol. The maximum atomic E-state index is 11.4. The minimum absolute atomic E-state index is 0.213.